The third kappa shape index (κ3) is 31.2. The fourth-order valence-corrected chi connectivity index (χ4v) is 5.86. The number of nitrogens with one attached hydrogen (secondary N) is 1. The summed E-state index contributed by atoms with van der Waals surface area (Å²) < 4.78 is 0. The summed E-state index contributed by atoms with van der Waals surface area (Å²) >= 11 is 0. The normalized spacial score (nSPS) is 14.1. The Balaban J connectivity index is 3.74. The van der Waals surface area contributed by atoms with Crippen molar-refractivity contribution in [1.29, 1.82) is 0 Å². The highest BCUT2D eigenvalue weighted by Crippen LogP contribution is 2.14. The lowest BCUT2D eigenvalue weighted by Gasteiger charge is -2.26. The van der Waals surface area contributed by atoms with Gasteiger partial charge in [0, 0.05) is 6.42 Å². The van der Waals surface area contributed by atoms with Gasteiger partial charge >= 0.3 is 0 Å². The molecule has 0 aromatic carbocycles. The van der Waals surface area contributed by atoms with E-state index in [2.05, 4.69) is 55.6 Å². The highest BCUT2D eigenvalue weighted by atomic mass is 16.3. The smallest absolute Gasteiger partial charge is 0.220 e. The molecule has 5 heteroatoms. The molecule has 270 valence electrons. The number of carbonyl (C=O) groups excluding carboxylic acids is 1. The van der Waals surface area contributed by atoms with Crippen molar-refractivity contribution in [3.63, 3.8) is 0 Å². The van der Waals surface area contributed by atoms with E-state index in [0.29, 0.717) is 12.8 Å². The molecule has 0 aliphatic carbocycles. The van der Waals surface area contributed by atoms with Gasteiger partial charge in [0.1, 0.15) is 6.10 Å². The number of hydrogen-bond acceptors (Lipinski definition) is 4. The van der Waals surface area contributed by atoms with Crippen molar-refractivity contribution in [2.24, 2.45) is 0 Å². The Kier molecular flexibility index (Phi) is 35.3. The first-order valence-electron chi connectivity index (χ1n) is 19.8. The Morgan fingerprint density at radius 2 is 0.935 bits per heavy atom. The van der Waals surface area contributed by atoms with Gasteiger partial charge in [-0.2, -0.15) is 0 Å². The number of rotatable bonds is 35. The molecule has 4 N–H and O–H groups in total. The average molecular weight is 648 g/mol. The van der Waals surface area contributed by atoms with Crippen LogP contribution in [-0.2, 0) is 4.79 Å². The molecule has 5 nitrogen and oxygen atoms in total. The average Bonchev–Trinajstić information content (AvgIpc) is 3.06. The maximum Gasteiger partial charge on any atom is 0.220 e. The number of aliphatic hydroxyl groups excluding tert-OH is 3. The third-order valence-electron chi connectivity index (χ3n) is 8.99. The van der Waals surface area contributed by atoms with Gasteiger partial charge < -0.3 is 20.6 Å². The van der Waals surface area contributed by atoms with Crippen LogP contribution in [0.4, 0.5) is 0 Å². The van der Waals surface area contributed by atoms with Crippen LogP contribution in [0.5, 0.6) is 0 Å². The van der Waals surface area contributed by atoms with Crippen molar-refractivity contribution in [2.75, 3.05) is 6.61 Å². The summed E-state index contributed by atoms with van der Waals surface area (Å²) in [4.78, 5) is 12.4. The predicted molar refractivity (Wildman–Crippen MR) is 199 cm³/mol. The molecule has 0 rings (SSSR count). The summed E-state index contributed by atoms with van der Waals surface area (Å²) in [6, 6.07) is -0.830. The van der Waals surface area contributed by atoms with Crippen LogP contribution >= 0.6 is 0 Å². The quantitative estimate of drug-likeness (QED) is 0.0313. The molecule has 1 amide bonds. The van der Waals surface area contributed by atoms with Crippen LogP contribution in [0.1, 0.15) is 194 Å². The minimum Gasteiger partial charge on any atom is -0.394 e. The molecule has 0 aromatic heterocycles. The van der Waals surface area contributed by atoms with Gasteiger partial charge in [0.05, 0.1) is 18.8 Å². The SMILES string of the molecule is CCCCC/C=C\C=C/CCCCCCCCC(=O)NC(CO)C(O)C(O)CCC/C=C/CCCCCCCCCCCCCC. The van der Waals surface area contributed by atoms with E-state index in [0.717, 1.165) is 44.9 Å². The second kappa shape index (κ2) is 36.4. The summed E-state index contributed by atoms with van der Waals surface area (Å²) in [5, 5.41) is 33.4. The molecule has 0 heterocycles. The molecule has 3 atom stereocenters. The fraction of sp³-hybridized carbons (Fsp3) is 0.829. The summed E-state index contributed by atoms with van der Waals surface area (Å²) in [6.45, 7) is 4.12. The lowest BCUT2D eigenvalue weighted by Crippen LogP contribution is -2.50. The van der Waals surface area contributed by atoms with E-state index in [9.17, 15) is 20.1 Å². The minimum absolute atomic E-state index is 0.168. The van der Waals surface area contributed by atoms with Gasteiger partial charge in [-0.25, -0.2) is 0 Å². The molecular weight excluding hydrogens is 570 g/mol. The molecule has 0 radical (unpaired) electrons. The Morgan fingerprint density at radius 3 is 1.43 bits per heavy atom. The lowest BCUT2D eigenvalue weighted by atomic mass is 10.0. The highest BCUT2D eigenvalue weighted by Gasteiger charge is 2.26. The number of carbonyl (C=O) groups is 1. The zero-order valence-corrected chi connectivity index (χ0v) is 30.5. The molecule has 3 unspecified atom stereocenters. The number of aliphatic hydroxyl groups is 3. The van der Waals surface area contributed by atoms with Gasteiger partial charge in [-0.15, -0.1) is 0 Å². The first-order valence-corrected chi connectivity index (χ1v) is 19.8. The Morgan fingerprint density at radius 1 is 0.543 bits per heavy atom. The molecule has 0 fully saturated rings. The standard InChI is InChI=1S/C41H77NO4/c1-3-5-7-9-11-13-15-17-19-20-22-23-25-27-29-31-33-35-39(44)41(46)38(37-43)42-40(45)36-34-32-30-28-26-24-21-18-16-14-12-10-8-6-4-2/h12,14,16,18,27,29,38-39,41,43-44,46H,3-11,13,15,17,19-26,28,30-37H2,1-2H3,(H,42,45)/b14-12-,18-16-,29-27+. The van der Waals surface area contributed by atoms with E-state index in [1.54, 1.807) is 0 Å². The van der Waals surface area contributed by atoms with E-state index in [1.807, 2.05) is 0 Å². The Labute approximate surface area is 285 Å². The second-order valence-corrected chi connectivity index (χ2v) is 13.5. The van der Waals surface area contributed by atoms with Crippen molar-refractivity contribution < 1.29 is 20.1 Å². The van der Waals surface area contributed by atoms with Gasteiger partial charge in [-0.05, 0) is 64.2 Å². The first-order chi connectivity index (χ1) is 22.6. The molecule has 0 saturated heterocycles. The van der Waals surface area contributed by atoms with Crippen molar-refractivity contribution in [3.8, 4) is 0 Å². The molecule has 0 aliphatic rings. The van der Waals surface area contributed by atoms with Crippen molar-refractivity contribution in [3.05, 3.63) is 36.5 Å². The monoisotopic (exact) mass is 648 g/mol. The van der Waals surface area contributed by atoms with Crippen LogP contribution in [0.3, 0.4) is 0 Å². The van der Waals surface area contributed by atoms with Gasteiger partial charge in [0.15, 0.2) is 0 Å². The number of unbranched alkanes of at least 4 members (excludes halogenated alkanes) is 22. The van der Waals surface area contributed by atoms with Crippen LogP contribution in [0, 0.1) is 0 Å². The highest BCUT2D eigenvalue weighted by molar-refractivity contribution is 5.76. The summed E-state index contributed by atoms with van der Waals surface area (Å²) in [5.74, 6) is -0.168. The van der Waals surface area contributed by atoms with Gasteiger partial charge in [0.2, 0.25) is 5.91 Å². The third-order valence-corrected chi connectivity index (χ3v) is 8.99. The van der Waals surface area contributed by atoms with Gasteiger partial charge in [0.25, 0.3) is 0 Å². The lowest BCUT2D eigenvalue weighted by molar-refractivity contribution is -0.124. The first kappa shape index (κ1) is 44.6. The second-order valence-electron chi connectivity index (χ2n) is 13.5. The number of allylic oxidation sites excluding steroid dienone is 6. The molecule has 0 spiro atoms. The van der Waals surface area contributed by atoms with Crippen LogP contribution in [-0.4, -0.2) is 46.1 Å². The maximum absolute atomic E-state index is 12.4. The number of amides is 1. The Hall–Kier alpha value is -1.43. The molecule has 0 aliphatic heterocycles. The zero-order chi connectivity index (χ0) is 33.8. The van der Waals surface area contributed by atoms with E-state index < -0.39 is 18.2 Å². The van der Waals surface area contributed by atoms with Crippen LogP contribution < -0.4 is 5.32 Å². The topological polar surface area (TPSA) is 89.8 Å². The molecule has 0 aromatic rings. The molecular formula is C41H77NO4. The number of hydrogen-bond donors (Lipinski definition) is 4. The molecule has 0 saturated carbocycles. The van der Waals surface area contributed by atoms with Crippen molar-refractivity contribution in [2.45, 2.75) is 212 Å². The van der Waals surface area contributed by atoms with E-state index >= 15 is 0 Å². The maximum atomic E-state index is 12.4. The Bertz CT molecular complexity index is 719. The molecule has 46 heavy (non-hydrogen) atoms. The zero-order valence-electron chi connectivity index (χ0n) is 30.5. The largest absolute Gasteiger partial charge is 0.394 e. The van der Waals surface area contributed by atoms with Crippen molar-refractivity contribution in [1.82, 2.24) is 5.32 Å². The predicted octanol–water partition coefficient (Wildman–Crippen LogP) is 10.8. The van der Waals surface area contributed by atoms with Crippen LogP contribution in [0.2, 0.25) is 0 Å². The summed E-state index contributed by atoms with van der Waals surface area (Å²) in [7, 11) is 0. The fourth-order valence-electron chi connectivity index (χ4n) is 5.86. The molecule has 0 bridgehead atoms. The van der Waals surface area contributed by atoms with Crippen LogP contribution in [0.25, 0.3) is 0 Å². The van der Waals surface area contributed by atoms with Crippen LogP contribution in [0.15, 0.2) is 36.5 Å². The van der Waals surface area contributed by atoms with E-state index in [-0.39, 0.29) is 12.5 Å². The minimum atomic E-state index is -1.16. The van der Waals surface area contributed by atoms with E-state index in [4.69, 9.17) is 0 Å². The summed E-state index contributed by atoms with van der Waals surface area (Å²) in [5.41, 5.74) is 0. The van der Waals surface area contributed by atoms with Gasteiger partial charge in [-0.3, -0.25) is 4.79 Å². The van der Waals surface area contributed by atoms with Crippen molar-refractivity contribution >= 4 is 5.91 Å². The van der Waals surface area contributed by atoms with Gasteiger partial charge in [-0.1, -0.05) is 159 Å². The summed E-state index contributed by atoms with van der Waals surface area (Å²) in [6.07, 6.45) is 43.8. The van der Waals surface area contributed by atoms with E-state index in [1.165, 1.54) is 122 Å².